The van der Waals surface area contributed by atoms with Gasteiger partial charge in [0.15, 0.2) is 5.66 Å². The molecule has 6 heteroatoms. The second kappa shape index (κ2) is 7.85. The number of esters is 1. The van der Waals surface area contributed by atoms with Gasteiger partial charge in [0.2, 0.25) is 0 Å². The van der Waals surface area contributed by atoms with Crippen LogP contribution in [0.25, 0.3) is 0 Å². The van der Waals surface area contributed by atoms with Gasteiger partial charge in [0.25, 0.3) is 0 Å². The summed E-state index contributed by atoms with van der Waals surface area (Å²) in [5, 5.41) is 0. The molecule has 0 aliphatic rings. The van der Waals surface area contributed by atoms with E-state index in [9.17, 15) is 9.36 Å². The van der Waals surface area contributed by atoms with Crippen LogP contribution in [0.5, 0.6) is 0 Å². The van der Waals surface area contributed by atoms with Gasteiger partial charge in [-0.3, -0.25) is 9.36 Å². The minimum atomic E-state index is -3.45. The molecule has 1 unspecified atom stereocenters. The van der Waals surface area contributed by atoms with E-state index in [1.165, 1.54) is 0 Å². The second-order valence-corrected chi connectivity index (χ2v) is 5.97. The van der Waals surface area contributed by atoms with E-state index in [4.69, 9.17) is 13.8 Å². The van der Waals surface area contributed by atoms with Crippen LogP contribution in [0.1, 0.15) is 34.6 Å². The minimum absolute atomic E-state index is 0.169. The van der Waals surface area contributed by atoms with Crippen LogP contribution < -0.4 is 0 Å². The Balaban J connectivity index is 5.09. The molecule has 0 aromatic heterocycles. The van der Waals surface area contributed by atoms with Crippen molar-refractivity contribution in [1.82, 2.24) is 0 Å². The van der Waals surface area contributed by atoms with E-state index in [-0.39, 0.29) is 25.7 Å². The fraction of sp³-hybridized carbons (Fsp3) is 0.909. The summed E-state index contributed by atoms with van der Waals surface area (Å²) in [5.74, 6) is -0.689. The van der Waals surface area contributed by atoms with Crippen LogP contribution in [0.4, 0.5) is 0 Å². The van der Waals surface area contributed by atoms with E-state index >= 15 is 0 Å². The zero-order valence-electron chi connectivity index (χ0n) is 11.3. The Labute approximate surface area is 103 Å². The summed E-state index contributed by atoms with van der Waals surface area (Å²) in [6.07, 6.45) is 0. The van der Waals surface area contributed by atoms with Crippen molar-refractivity contribution in [2.45, 2.75) is 40.3 Å². The molecule has 102 valence electrons. The van der Waals surface area contributed by atoms with Crippen LogP contribution >= 0.6 is 7.60 Å². The number of hydrogen-bond acceptors (Lipinski definition) is 5. The molecule has 0 radical (unpaired) electrons. The lowest BCUT2D eigenvalue weighted by Crippen LogP contribution is -2.30. The van der Waals surface area contributed by atoms with Gasteiger partial charge in [-0.05, 0) is 26.7 Å². The third kappa shape index (κ3) is 4.78. The number of hydrogen-bond donors (Lipinski definition) is 0. The van der Waals surface area contributed by atoms with Crippen LogP contribution in [-0.2, 0) is 23.1 Å². The topological polar surface area (TPSA) is 61.8 Å². The lowest BCUT2D eigenvalue weighted by molar-refractivity contribution is -0.144. The van der Waals surface area contributed by atoms with Crippen molar-refractivity contribution in [3.8, 4) is 0 Å². The van der Waals surface area contributed by atoms with Crippen LogP contribution in [-0.4, -0.2) is 31.4 Å². The zero-order chi connectivity index (χ0) is 13.5. The SMILES string of the molecule is CCOC(=O)C(C(C)C)P(=O)(OCC)OCC. The Bertz CT molecular complexity index is 267. The molecule has 0 aromatic carbocycles. The number of ether oxygens (including phenoxy) is 1. The zero-order valence-corrected chi connectivity index (χ0v) is 12.2. The summed E-state index contributed by atoms with van der Waals surface area (Å²) >= 11 is 0. The maximum atomic E-state index is 12.5. The Kier molecular flexibility index (Phi) is 7.68. The van der Waals surface area contributed by atoms with Crippen LogP contribution in [0.2, 0.25) is 0 Å². The highest BCUT2D eigenvalue weighted by atomic mass is 31.2. The molecular formula is C11H23O5P. The second-order valence-electron chi connectivity index (χ2n) is 3.82. The summed E-state index contributed by atoms with van der Waals surface area (Å²) in [7, 11) is -3.45. The van der Waals surface area contributed by atoms with Crippen molar-refractivity contribution < 1.29 is 23.1 Å². The Morgan fingerprint density at radius 2 is 1.53 bits per heavy atom. The quantitative estimate of drug-likeness (QED) is 0.499. The van der Waals surface area contributed by atoms with E-state index in [0.29, 0.717) is 0 Å². The molecule has 0 fully saturated rings. The summed E-state index contributed by atoms with van der Waals surface area (Å²) in [5.41, 5.74) is -0.859. The third-order valence-electron chi connectivity index (χ3n) is 2.12. The first-order valence-corrected chi connectivity index (χ1v) is 7.59. The lowest BCUT2D eigenvalue weighted by atomic mass is 10.1. The average Bonchev–Trinajstić information content (AvgIpc) is 2.17. The van der Waals surface area contributed by atoms with E-state index < -0.39 is 19.2 Å². The van der Waals surface area contributed by atoms with Crippen molar-refractivity contribution >= 4 is 13.6 Å². The highest BCUT2D eigenvalue weighted by Gasteiger charge is 2.44. The molecule has 0 aliphatic carbocycles. The van der Waals surface area contributed by atoms with E-state index in [1.54, 1.807) is 34.6 Å². The number of carbonyl (C=O) groups excluding carboxylic acids is 1. The first kappa shape index (κ1) is 16.6. The molecule has 0 saturated heterocycles. The van der Waals surface area contributed by atoms with Crippen LogP contribution in [0.15, 0.2) is 0 Å². The molecule has 1 atom stereocenters. The molecule has 0 spiro atoms. The van der Waals surface area contributed by atoms with Crippen molar-refractivity contribution in [1.29, 1.82) is 0 Å². The Morgan fingerprint density at radius 3 is 1.82 bits per heavy atom. The minimum Gasteiger partial charge on any atom is -0.465 e. The van der Waals surface area contributed by atoms with Gasteiger partial charge in [-0.15, -0.1) is 0 Å². The summed E-state index contributed by atoms with van der Waals surface area (Å²) in [6, 6.07) is 0. The molecule has 0 heterocycles. The van der Waals surface area contributed by atoms with Crippen LogP contribution in [0.3, 0.4) is 0 Å². The smallest absolute Gasteiger partial charge is 0.345 e. The molecule has 5 nitrogen and oxygen atoms in total. The molecule has 0 saturated carbocycles. The summed E-state index contributed by atoms with van der Waals surface area (Å²) in [6.45, 7) is 9.46. The maximum Gasteiger partial charge on any atom is 0.345 e. The molecule has 0 bridgehead atoms. The molecule has 17 heavy (non-hydrogen) atoms. The monoisotopic (exact) mass is 266 g/mol. The molecule has 0 aromatic rings. The van der Waals surface area contributed by atoms with Gasteiger partial charge in [0.05, 0.1) is 19.8 Å². The molecule has 0 aliphatic heterocycles. The molecule has 0 rings (SSSR count). The normalized spacial score (nSPS) is 13.8. The highest BCUT2D eigenvalue weighted by Crippen LogP contribution is 2.55. The van der Waals surface area contributed by atoms with Gasteiger partial charge in [0.1, 0.15) is 0 Å². The van der Waals surface area contributed by atoms with Crippen molar-refractivity contribution in [3.63, 3.8) is 0 Å². The standard InChI is InChI=1S/C11H23O5P/c1-6-14-11(12)10(9(4)5)17(13,15-7-2)16-8-3/h9-10H,6-8H2,1-5H3. The van der Waals surface area contributed by atoms with Gasteiger partial charge >= 0.3 is 13.6 Å². The molecule has 0 N–H and O–H groups in total. The molecular weight excluding hydrogens is 243 g/mol. The van der Waals surface area contributed by atoms with Gasteiger partial charge in [-0.2, -0.15) is 0 Å². The van der Waals surface area contributed by atoms with Crippen LogP contribution in [0, 0.1) is 5.92 Å². The summed E-state index contributed by atoms with van der Waals surface area (Å²) < 4.78 is 27.8. The van der Waals surface area contributed by atoms with E-state index in [2.05, 4.69) is 0 Å². The Hall–Kier alpha value is -0.380. The van der Waals surface area contributed by atoms with Crippen molar-refractivity contribution in [3.05, 3.63) is 0 Å². The Morgan fingerprint density at radius 1 is 1.06 bits per heavy atom. The fourth-order valence-electron chi connectivity index (χ4n) is 1.55. The van der Waals surface area contributed by atoms with Gasteiger partial charge in [-0.25, -0.2) is 0 Å². The van der Waals surface area contributed by atoms with E-state index in [1.807, 2.05) is 0 Å². The number of carbonyl (C=O) groups is 1. The van der Waals surface area contributed by atoms with Crippen molar-refractivity contribution in [2.75, 3.05) is 19.8 Å². The maximum absolute atomic E-state index is 12.5. The van der Waals surface area contributed by atoms with E-state index in [0.717, 1.165) is 0 Å². The number of rotatable bonds is 8. The summed E-state index contributed by atoms with van der Waals surface area (Å²) in [4.78, 5) is 11.8. The fourth-order valence-corrected chi connectivity index (χ4v) is 3.73. The predicted octanol–water partition coefficient (Wildman–Crippen LogP) is 2.84. The average molecular weight is 266 g/mol. The van der Waals surface area contributed by atoms with Gasteiger partial charge in [-0.1, -0.05) is 13.8 Å². The third-order valence-corrected chi connectivity index (χ3v) is 4.84. The van der Waals surface area contributed by atoms with Gasteiger partial charge in [0, 0.05) is 0 Å². The molecule has 0 amide bonds. The largest absolute Gasteiger partial charge is 0.465 e. The van der Waals surface area contributed by atoms with Crippen molar-refractivity contribution in [2.24, 2.45) is 5.92 Å². The highest BCUT2D eigenvalue weighted by molar-refractivity contribution is 7.55. The first-order valence-electron chi connectivity index (χ1n) is 5.98. The predicted molar refractivity (Wildman–Crippen MR) is 66.1 cm³/mol. The van der Waals surface area contributed by atoms with Gasteiger partial charge < -0.3 is 13.8 Å². The lowest BCUT2D eigenvalue weighted by Gasteiger charge is -2.27. The first-order chi connectivity index (χ1) is 7.92.